The molecule has 3 heterocycles. The molecule has 0 aromatic carbocycles. The molecule has 2 N–H and O–H groups in total. The molecule has 1 aromatic heterocycles. The van der Waals surface area contributed by atoms with Crippen LogP contribution in [0.4, 0.5) is 0 Å². The molecule has 6 heteroatoms. The van der Waals surface area contributed by atoms with Crippen LogP contribution in [0.3, 0.4) is 0 Å². The Morgan fingerprint density at radius 3 is 3.05 bits per heavy atom. The van der Waals surface area contributed by atoms with E-state index in [9.17, 15) is 9.90 Å². The molecule has 116 valence electrons. The van der Waals surface area contributed by atoms with Crippen molar-refractivity contribution in [2.24, 2.45) is 5.92 Å². The number of nitrogens with zero attached hydrogens (tertiary/aromatic N) is 3. The minimum atomic E-state index is -0.399. The number of hydrogen-bond acceptors (Lipinski definition) is 4. The van der Waals surface area contributed by atoms with Gasteiger partial charge in [-0.05, 0) is 31.9 Å². The number of piperidine rings is 1. The van der Waals surface area contributed by atoms with Gasteiger partial charge in [0.05, 0.1) is 12.1 Å². The summed E-state index contributed by atoms with van der Waals surface area (Å²) in [5, 5.41) is 17.8. The molecule has 0 bridgehead atoms. The standard InChI is InChI=1S/C15H24N4O2/c1-2-11-9-18(10-14(11)20)15(21)13-5-7-19(17-13)12-4-3-6-16-8-12/h5,7,11-12,14,16,20H,2-4,6,8-10H2,1H3. The molecule has 21 heavy (non-hydrogen) atoms. The monoisotopic (exact) mass is 292 g/mol. The lowest BCUT2D eigenvalue weighted by Gasteiger charge is -2.23. The zero-order valence-electron chi connectivity index (χ0n) is 12.5. The molecule has 3 atom stereocenters. The van der Waals surface area contributed by atoms with Crippen molar-refractivity contribution >= 4 is 5.91 Å². The topological polar surface area (TPSA) is 70.4 Å². The van der Waals surface area contributed by atoms with Crippen molar-refractivity contribution in [1.29, 1.82) is 0 Å². The van der Waals surface area contributed by atoms with Crippen molar-refractivity contribution in [1.82, 2.24) is 20.0 Å². The van der Waals surface area contributed by atoms with Crippen molar-refractivity contribution in [3.05, 3.63) is 18.0 Å². The second kappa shape index (κ2) is 6.15. The van der Waals surface area contributed by atoms with Crippen LogP contribution in [-0.4, -0.2) is 58.0 Å². The van der Waals surface area contributed by atoms with Crippen molar-refractivity contribution < 1.29 is 9.90 Å². The highest BCUT2D eigenvalue weighted by Crippen LogP contribution is 2.22. The van der Waals surface area contributed by atoms with E-state index in [2.05, 4.69) is 10.4 Å². The summed E-state index contributed by atoms with van der Waals surface area (Å²) in [4.78, 5) is 14.2. The largest absolute Gasteiger partial charge is 0.391 e. The average Bonchev–Trinajstić information content (AvgIpc) is 3.14. The summed E-state index contributed by atoms with van der Waals surface area (Å²) in [5.41, 5.74) is 0.490. The summed E-state index contributed by atoms with van der Waals surface area (Å²) >= 11 is 0. The number of rotatable bonds is 3. The maximum atomic E-state index is 12.5. The lowest BCUT2D eigenvalue weighted by Crippen LogP contribution is -2.33. The molecule has 0 spiro atoms. The van der Waals surface area contributed by atoms with Crippen LogP contribution in [0, 0.1) is 5.92 Å². The van der Waals surface area contributed by atoms with Gasteiger partial charge in [-0.25, -0.2) is 0 Å². The molecule has 2 saturated heterocycles. The van der Waals surface area contributed by atoms with E-state index in [1.807, 2.05) is 17.8 Å². The van der Waals surface area contributed by atoms with Gasteiger partial charge in [-0.1, -0.05) is 6.92 Å². The minimum Gasteiger partial charge on any atom is -0.391 e. The zero-order chi connectivity index (χ0) is 14.8. The molecule has 1 amide bonds. The lowest BCUT2D eigenvalue weighted by molar-refractivity contribution is 0.0757. The van der Waals surface area contributed by atoms with Gasteiger partial charge in [0, 0.05) is 31.7 Å². The number of carbonyl (C=O) groups is 1. The van der Waals surface area contributed by atoms with Gasteiger partial charge in [0.15, 0.2) is 0 Å². The second-order valence-electron chi connectivity index (χ2n) is 6.13. The lowest BCUT2D eigenvalue weighted by atomic mass is 10.0. The molecule has 2 aliphatic rings. The van der Waals surface area contributed by atoms with E-state index in [4.69, 9.17) is 0 Å². The van der Waals surface area contributed by atoms with E-state index in [0.717, 1.165) is 32.4 Å². The highest BCUT2D eigenvalue weighted by molar-refractivity contribution is 5.92. The fourth-order valence-electron chi connectivity index (χ4n) is 3.30. The Hall–Kier alpha value is -1.40. The molecule has 2 aliphatic heterocycles. The Morgan fingerprint density at radius 1 is 1.52 bits per heavy atom. The van der Waals surface area contributed by atoms with Crippen LogP contribution in [0.1, 0.15) is 42.7 Å². The normalized spacial score (nSPS) is 29.8. The Balaban J connectivity index is 1.67. The van der Waals surface area contributed by atoms with E-state index < -0.39 is 6.10 Å². The summed E-state index contributed by atoms with van der Waals surface area (Å²) in [5.74, 6) is 0.131. The number of likely N-dealkylation sites (tertiary alicyclic amines) is 1. The third kappa shape index (κ3) is 2.96. The number of amides is 1. The number of aliphatic hydroxyl groups is 1. The Labute approximate surface area is 125 Å². The number of carbonyl (C=O) groups excluding carboxylic acids is 1. The molecule has 6 nitrogen and oxygen atoms in total. The van der Waals surface area contributed by atoms with Crippen LogP contribution in [-0.2, 0) is 0 Å². The van der Waals surface area contributed by atoms with Gasteiger partial charge in [0.25, 0.3) is 5.91 Å². The van der Waals surface area contributed by atoms with Crippen molar-refractivity contribution in [2.75, 3.05) is 26.2 Å². The van der Waals surface area contributed by atoms with Gasteiger partial charge >= 0.3 is 0 Å². The quantitative estimate of drug-likeness (QED) is 0.858. The van der Waals surface area contributed by atoms with Gasteiger partial charge in [-0.15, -0.1) is 0 Å². The smallest absolute Gasteiger partial charge is 0.274 e. The third-order valence-electron chi connectivity index (χ3n) is 4.69. The van der Waals surface area contributed by atoms with E-state index in [-0.39, 0.29) is 11.8 Å². The van der Waals surface area contributed by atoms with Gasteiger partial charge in [-0.2, -0.15) is 5.10 Å². The maximum absolute atomic E-state index is 12.5. The first-order valence-electron chi connectivity index (χ1n) is 7.92. The minimum absolute atomic E-state index is 0.0625. The molecular formula is C15H24N4O2. The van der Waals surface area contributed by atoms with E-state index in [1.165, 1.54) is 0 Å². The van der Waals surface area contributed by atoms with Gasteiger partial charge in [0.2, 0.25) is 0 Å². The van der Waals surface area contributed by atoms with Crippen molar-refractivity contribution in [2.45, 2.75) is 38.3 Å². The van der Waals surface area contributed by atoms with Gasteiger partial charge in [-0.3, -0.25) is 9.48 Å². The first kappa shape index (κ1) is 14.5. The summed E-state index contributed by atoms with van der Waals surface area (Å²) in [6.45, 7) is 5.08. The molecule has 0 saturated carbocycles. The third-order valence-corrected chi connectivity index (χ3v) is 4.69. The first-order valence-corrected chi connectivity index (χ1v) is 7.92. The highest BCUT2D eigenvalue weighted by Gasteiger charge is 2.34. The predicted octanol–water partition coefficient (Wildman–Crippen LogP) is 0.650. The van der Waals surface area contributed by atoms with Crippen LogP contribution in [0.15, 0.2) is 12.3 Å². The predicted molar refractivity (Wildman–Crippen MR) is 79.1 cm³/mol. The van der Waals surface area contributed by atoms with E-state index >= 15 is 0 Å². The fraction of sp³-hybridized carbons (Fsp3) is 0.733. The summed E-state index contributed by atoms with van der Waals surface area (Å²) < 4.78 is 1.91. The van der Waals surface area contributed by atoms with Crippen LogP contribution in [0.25, 0.3) is 0 Å². The number of hydrogen-bond donors (Lipinski definition) is 2. The van der Waals surface area contributed by atoms with Crippen LogP contribution >= 0.6 is 0 Å². The number of nitrogens with one attached hydrogen (secondary N) is 1. The van der Waals surface area contributed by atoms with Gasteiger partial charge < -0.3 is 15.3 Å². The van der Waals surface area contributed by atoms with Crippen molar-refractivity contribution in [3.63, 3.8) is 0 Å². The van der Waals surface area contributed by atoms with Crippen LogP contribution < -0.4 is 5.32 Å². The molecule has 1 aromatic rings. The van der Waals surface area contributed by atoms with E-state index in [1.54, 1.807) is 11.0 Å². The SMILES string of the molecule is CCC1CN(C(=O)c2ccn(C3CCCNC3)n2)CC1O. The van der Waals surface area contributed by atoms with Crippen LogP contribution in [0.5, 0.6) is 0 Å². The average molecular weight is 292 g/mol. The van der Waals surface area contributed by atoms with E-state index in [0.29, 0.717) is 24.8 Å². The zero-order valence-corrected chi connectivity index (χ0v) is 12.5. The summed E-state index contributed by atoms with van der Waals surface area (Å²) in [6.07, 6.45) is 4.64. The van der Waals surface area contributed by atoms with Crippen molar-refractivity contribution in [3.8, 4) is 0 Å². The summed E-state index contributed by atoms with van der Waals surface area (Å²) in [7, 11) is 0. The Morgan fingerprint density at radius 2 is 2.38 bits per heavy atom. The highest BCUT2D eigenvalue weighted by atomic mass is 16.3. The molecule has 0 radical (unpaired) electrons. The molecular weight excluding hydrogens is 268 g/mol. The fourth-order valence-corrected chi connectivity index (χ4v) is 3.30. The molecule has 3 unspecified atom stereocenters. The van der Waals surface area contributed by atoms with Crippen LogP contribution in [0.2, 0.25) is 0 Å². The number of aliphatic hydroxyl groups excluding tert-OH is 1. The Bertz CT molecular complexity index is 496. The first-order chi connectivity index (χ1) is 10.2. The maximum Gasteiger partial charge on any atom is 0.274 e. The number of aromatic nitrogens is 2. The Kier molecular flexibility index (Phi) is 4.26. The summed E-state index contributed by atoms with van der Waals surface area (Å²) in [6, 6.07) is 2.13. The molecule has 2 fully saturated rings. The van der Waals surface area contributed by atoms with Gasteiger partial charge in [0.1, 0.15) is 5.69 Å². The molecule has 3 rings (SSSR count). The molecule has 0 aliphatic carbocycles. The second-order valence-corrected chi connectivity index (χ2v) is 6.13. The number of β-amino-alcohol motifs (C(OH)–C–C–N with tert-alkyl or cyclic N) is 1.